The number of piperazine rings is 1. The van der Waals surface area contributed by atoms with Crippen molar-refractivity contribution in [3.63, 3.8) is 0 Å². The number of fused-ring (bicyclic) bond motifs is 1. The van der Waals surface area contributed by atoms with Crippen molar-refractivity contribution in [3.05, 3.63) is 40.8 Å². The molecule has 2 saturated heterocycles. The average molecular weight is 441 g/mol. The summed E-state index contributed by atoms with van der Waals surface area (Å²) in [6, 6.07) is 5.67. The molecule has 0 bridgehead atoms. The Balaban J connectivity index is 1.26. The number of nitrogens with zero attached hydrogens (tertiary/aromatic N) is 8. The number of anilines is 2. The van der Waals surface area contributed by atoms with E-state index in [4.69, 9.17) is 11.6 Å². The number of piperidine rings is 1. The molecule has 0 aliphatic carbocycles. The van der Waals surface area contributed by atoms with Crippen LogP contribution in [0.25, 0.3) is 5.65 Å². The second-order valence-electron chi connectivity index (χ2n) is 8.07. The van der Waals surface area contributed by atoms with E-state index < -0.39 is 0 Å². The van der Waals surface area contributed by atoms with E-state index >= 15 is 0 Å². The van der Waals surface area contributed by atoms with E-state index in [1.54, 1.807) is 16.8 Å². The van der Waals surface area contributed by atoms with E-state index in [9.17, 15) is 4.79 Å². The number of carbonyl (C=O) groups excluding carboxylic acids is 1. The quantitative estimate of drug-likeness (QED) is 0.618. The van der Waals surface area contributed by atoms with Crippen LogP contribution >= 0.6 is 11.6 Å². The molecule has 9 nitrogen and oxygen atoms in total. The Labute approximate surface area is 185 Å². The highest BCUT2D eigenvalue weighted by Crippen LogP contribution is 2.27. The molecule has 0 saturated carbocycles. The molecule has 0 N–H and O–H groups in total. The second-order valence-corrected chi connectivity index (χ2v) is 8.47. The maximum absolute atomic E-state index is 12.7. The third kappa shape index (κ3) is 3.89. The van der Waals surface area contributed by atoms with Crippen molar-refractivity contribution < 1.29 is 4.79 Å². The summed E-state index contributed by atoms with van der Waals surface area (Å²) in [4.78, 5) is 23.6. The van der Waals surface area contributed by atoms with Crippen molar-refractivity contribution in [2.45, 2.75) is 26.2 Å². The van der Waals surface area contributed by atoms with Crippen LogP contribution in [0.5, 0.6) is 0 Å². The third-order valence-corrected chi connectivity index (χ3v) is 6.30. The van der Waals surface area contributed by atoms with Gasteiger partial charge in [-0.3, -0.25) is 4.79 Å². The number of aromatic nitrogens is 5. The maximum atomic E-state index is 12.7. The number of pyridine rings is 1. The molecule has 0 unspecified atom stereocenters. The molecule has 2 aliphatic rings. The van der Waals surface area contributed by atoms with Crippen molar-refractivity contribution in [1.29, 1.82) is 0 Å². The molecule has 3 aromatic rings. The summed E-state index contributed by atoms with van der Waals surface area (Å²) in [5.74, 6) is 2.42. The predicted octanol–water partition coefficient (Wildman–Crippen LogP) is 2.43. The number of hydrogen-bond acceptors (Lipinski definition) is 7. The highest BCUT2D eigenvalue weighted by molar-refractivity contribution is 6.33. The smallest absolute Gasteiger partial charge is 0.255 e. The van der Waals surface area contributed by atoms with Crippen molar-refractivity contribution in [3.8, 4) is 0 Å². The molecular formula is C21H25ClN8O. The van der Waals surface area contributed by atoms with Gasteiger partial charge in [0.05, 0.1) is 10.6 Å². The molecule has 0 radical (unpaired) electrons. The molecule has 3 aromatic heterocycles. The second kappa shape index (κ2) is 8.30. The van der Waals surface area contributed by atoms with Gasteiger partial charge >= 0.3 is 0 Å². The fourth-order valence-electron chi connectivity index (χ4n) is 4.26. The van der Waals surface area contributed by atoms with Gasteiger partial charge in [0.2, 0.25) is 0 Å². The minimum Gasteiger partial charge on any atom is -0.352 e. The first kappa shape index (κ1) is 20.0. The molecule has 2 fully saturated rings. The molecule has 2 aliphatic heterocycles. The Morgan fingerprint density at radius 2 is 1.71 bits per heavy atom. The first-order valence-electron chi connectivity index (χ1n) is 10.7. The van der Waals surface area contributed by atoms with E-state index in [1.165, 1.54) is 6.42 Å². The Kier molecular flexibility index (Phi) is 5.35. The Hall–Kier alpha value is -2.94. The first-order valence-corrected chi connectivity index (χ1v) is 11.1. The summed E-state index contributed by atoms with van der Waals surface area (Å²) in [5, 5.41) is 13.3. The third-order valence-electron chi connectivity index (χ3n) is 6.02. The van der Waals surface area contributed by atoms with Crippen LogP contribution in [0.3, 0.4) is 0 Å². The van der Waals surface area contributed by atoms with Crippen molar-refractivity contribution in [2.24, 2.45) is 0 Å². The molecule has 0 atom stereocenters. The zero-order valence-corrected chi connectivity index (χ0v) is 18.3. The monoisotopic (exact) mass is 440 g/mol. The van der Waals surface area contributed by atoms with Crippen LogP contribution in [0.2, 0.25) is 5.02 Å². The summed E-state index contributed by atoms with van der Waals surface area (Å²) in [6.07, 6.45) is 4.98. The normalized spacial score (nSPS) is 17.4. The lowest BCUT2D eigenvalue weighted by molar-refractivity contribution is 0.0724. The zero-order valence-electron chi connectivity index (χ0n) is 17.5. The largest absolute Gasteiger partial charge is 0.352 e. The van der Waals surface area contributed by atoms with Gasteiger partial charge in [0.1, 0.15) is 11.6 Å². The molecule has 0 spiro atoms. The number of aryl methyl sites for hydroxylation is 1. The number of amides is 1. The molecular weight excluding hydrogens is 416 g/mol. The number of likely N-dealkylation sites (tertiary alicyclic amines) is 1. The lowest BCUT2D eigenvalue weighted by atomic mass is 10.1. The highest BCUT2D eigenvalue weighted by atomic mass is 35.5. The lowest BCUT2D eigenvalue weighted by Crippen LogP contribution is -2.47. The highest BCUT2D eigenvalue weighted by Gasteiger charge is 2.24. The molecule has 31 heavy (non-hydrogen) atoms. The van der Waals surface area contributed by atoms with Gasteiger partial charge in [-0.15, -0.1) is 15.3 Å². The van der Waals surface area contributed by atoms with Crippen LogP contribution in [-0.2, 0) is 0 Å². The molecule has 5 rings (SSSR count). The number of hydrogen-bond donors (Lipinski definition) is 0. The van der Waals surface area contributed by atoms with E-state index in [0.717, 1.165) is 75.2 Å². The summed E-state index contributed by atoms with van der Waals surface area (Å²) >= 11 is 6.55. The van der Waals surface area contributed by atoms with Gasteiger partial charge in [-0.05, 0) is 44.4 Å². The molecule has 162 valence electrons. The Morgan fingerprint density at radius 1 is 0.968 bits per heavy atom. The number of halogens is 1. The molecule has 1 amide bonds. The van der Waals surface area contributed by atoms with E-state index in [-0.39, 0.29) is 5.91 Å². The van der Waals surface area contributed by atoms with Crippen LogP contribution in [0.15, 0.2) is 24.4 Å². The van der Waals surface area contributed by atoms with Crippen molar-refractivity contribution >= 4 is 34.8 Å². The van der Waals surface area contributed by atoms with Gasteiger partial charge in [-0.25, -0.2) is 4.98 Å². The van der Waals surface area contributed by atoms with Crippen molar-refractivity contribution in [2.75, 3.05) is 49.1 Å². The molecule has 5 heterocycles. The minimum absolute atomic E-state index is 0.0243. The summed E-state index contributed by atoms with van der Waals surface area (Å²) in [6.45, 7) is 6.66. The number of carbonyl (C=O) groups is 1. The summed E-state index contributed by atoms with van der Waals surface area (Å²) < 4.78 is 1.76. The van der Waals surface area contributed by atoms with Crippen LogP contribution in [0.4, 0.5) is 11.6 Å². The Bertz CT molecular complexity index is 1100. The van der Waals surface area contributed by atoms with Gasteiger partial charge in [0.25, 0.3) is 5.91 Å². The van der Waals surface area contributed by atoms with Crippen molar-refractivity contribution in [1.82, 2.24) is 29.7 Å². The molecule has 10 heteroatoms. The minimum atomic E-state index is 0.0243. The SMILES string of the molecule is Cc1nnc2ccc(N3CCN(c4ncc(C(=O)N5CCCCC5)cc4Cl)CC3)nn12. The molecule has 0 aromatic carbocycles. The van der Waals surface area contributed by atoms with Gasteiger partial charge in [-0.2, -0.15) is 4.52 Å². The lowest BCUT2D eigenvalue weighted by Gasteiger charge is -2.36. The predicted molar refractivity (Wildman–Crippen MR) is 119 cm³/mol. The van der Waals surface area contributed by atoms with Crippen LogP contribution < -0.4 is 9.80 Å². The van der Waals surface area contributed by atoms with E-state index in [0.29, 0.717) is 10.6 Å². The van der Waals surface area contributed by atoms with Crippen LogP contribution in [0.1, 0.15) is 35.4 Å². The fourth-order valence-corrected chi connectivity index (χ4v) is 4.55. The van der Waals surface area contributed by atoms with E-state index in [1.807, 2.05) is 24.0 Å². The van der Waals surface area contributed by atoms with Gasteiger partial charge in [-0.1, -0.05) is 11.6 Å². The Morgan fingerprint density at radius 3 is 2.45 bits per heavy atom. The van der Waals surface area contributed by atoms with Gasteiger partial charge in [0, 0.05) is 45.5 Å². The van der Waals surface area contributed by atoms with Crippen LogP contribution in [-0.4, -0.2) is 74.9 Å². The standard InChI is InChI=1S/C21H25ClN8O/c1-15-24-25-18-5-6-19(26-30(15)18)27-9-11-28(12-10-27)20-17(22)13-16(14-23-20)21(31)29-7-3-2-4-8-29/h5-6,13-14H,2-4,7-12H2,1H3. The topological polar surface area (TPSA) is 82.8 Å². The first-order chi connectivity index (χ1) is 15.1. The summed E-state index contributed by atoms with van der Waals surface area (Å²) in [7, 11) is 0. The number of rotatable bonds is 3. The average Bonchev–Trinajstić information content (AvgIpc) is 3.19. The fraction of sp³-hybridized carbons (Fsp3) is 0.476. The van der Waals surface area contributed by atoms with Crippen LogP contribution in [0, 0.1) is 6.92 Å². The van der Waals surface area contributed by atoms with E-state index in [2.05, 4.69) is 30.1 Å². The van der Waals surface area contributed by atoms with Gasteiger partial charge in [0.15, 0.2) is 11.5 Å². The maximum Gasteiger partial charge on any atom is 0.255 e. The van der Waals surface area contributed by atoms with Gasteiger partial charge < -0.3 is 14.7 Å². The summed E-state index contributed by atoms with van der Waals surface area (Å²) in [5.41, 5.74) is 1.31. The zero-order chi connectivity index (χ0) is 21.4.